The normalized spacial score (nSPS) is 12.1. The molecule has 1 atom stereocenters. The van der Waals surface area contributed by atoms with Crippen LogP contribution in [0.15, 0.2) is 103 Å². The van der Waals surface area contributed by atoms with Crippen molar-refractivity contribution in [2.24, 2.45) is 0 Å². The van der Waals surface area contributed by atoms with Crippen LogP contribution in [0.3, 0.4) is 0 Å². The van der Waals surface area contributed by atoms with Gasteiger partial charge in [-0.25, -0.2) is 8.42 Å². The summed E-state index contributed by atoms with van der Waals surface area (Å²) >= 11 is 0. The zero-order valence-corrected chi connectivity index (χ0v) is 21.5. The van der Waals surface area contributed by atoms with Crippen molar-refractivity contribution in [2.45, 2.75) is 26.4 Å². The fourth-order valence-corrected chi connectivity index (χ4v) is 4.97. The van der Waals surface area contributed by atoms with Crippen LogP contribution < -0.4 is 9.62 Å². The molecule has 0 heterocycles. The lowest BCUT2D eigenvalue weighted by atomic mass is 9.97. The van der Waals surface area contributed by atoms with Gasteiger partial charge >= 0.3 is 0 Å². The molecule has 0 aliphatic rings. The summed E-state index contributed by atoms with van der Waals surface area (Å²) in [5.74, 6) is -0.199. The first-order valence-electron chi connectivity index (χ1n) is 11.8. The number of nitrogens with one attached hydrogen (secondary N) is 1. The molecule has 0 spiro atoms. The molecular formula is C30H30N2O3S. The van der Waals surface area contributed by atoms with Gasteiger partial charge in [0.25, 0.3) is 5.91 Å². The summed E-state index contributed by atoms with van der Waals surface area (Å²) in [7, 11) is -3.49. The van der Waals surface area contributed by atoms with Crippen LogP contribution in [0.1, 0.15) is 44.2 Å². The number of anilines is 1. The van der Waals surface area contributed by atoms with Gasteiger partial charge in [0.15, 0.2) is 0 Å². The lowest BCUT2D eigenvalue weighted by Gasteiger charge is -2.23. The molecule has 5 nitrogen and oxygen atoms in total. The number of carbonyl (C=O) groups is 1. The number of sulfonamides is 1. The SMILES string of the molecule is Cc1ccc([C@H](NC(=O)c2ccc(CN(c3cccc(C)c3)S(C)(=O)=O)cc2)c2ccccc2)cc1. The molecule has 0 radical (unpaired) electrons. The van der Waals surface area contributed by atoms with Gasteiger partial charge < -0.3 is 5.32 Å². The number of hydrogen-bond donors (Lipinski definition) is 1. The summed E-state index contributed by atoms with van der Waals surface area (Å²) in [5, 5.41) is 3.16. The molecule has 1 amide bonds. The summed E-state index contributed by atoms with van der Waals surface area (Å²) in [6.45, 7) is 4.14. The first-order chi connectivity index (χ1) is 17.2. The maximum atomic E-state index is 13.2. The Hall–Kier alpha value is -3.90. The highest BCUT2D eigenvalue weighted by atomic mass is 32.2. The van der Waals surface area contributed by atoms with Crippen molar-refractivity contribution in [2.75, 3.05) is 10.6 Å². The minimum absolute atomic E-state index is 0.181. The van der Waals surface area contributed by atoms with Crippen LogP contribution in [0.2, 0.25) is 0 Å². The molecule has 36 heavy (non-hydrogen) atoms. The zero-order valence-electron chi connectivity index (χ0n) is 20.7. The van der Waals surface area contributed by atoms with E-state index in [4.69, 9.17) is 0 Å². The highest BCUT2D eigenvalue weighted by Gasteiger charge is 2.20. The molecular weight excluding hydrogens is 468 g/mol. The van der Waals surface area contributed by atoms with Crippen LogP contribution in [0.4, 0.5) is 5.69 Å². The number of amides is 1. The van der Waals surface area contributed by atoms with Gasteiger partial charge in [-0.3, -0.25) is 9.10 Å². The maximum Gasteiger partial charge on any atom is 0.252 e. The Balaban J connectivity index is 1.54. The van der Waals surface area contributed by atoms with Crippen molar-refractivity contribution in [3.05, 3.63) is 137 Å². The molecule has 0 fully saturated rings. The van der Waals surface area contributed by atoms with E-state index in [9.17, 15) is 13.2 Å². The predicted octanol–water partition coefficient (Wildman–Crippen LogP) is 5.79. The highest BCUT2D eigenvalue weighted by molar-refractivity contribution is 7.92. The summed E-state index contributed by atoms with van der Waals surface area (Å²) in [5.41, 5.74) is 6.04. The van der Waals surface area contributed by atoms with E-state index in [0.29, 0.717) is 11.3 Å². The first-order valence-corrected chi connectivity index (χ1v) is 13.6. The van der Waals surface area contributed by atoms with Gasteiger partial charge in [0.2, 0.25) is 10.0 Å². The van der Waals surface area contributed by atoms with Crippen molar-refractivity contribution in [3.8, 4) is 0 Å². The molecule has 0 aromatic heterocycles. The Morgan fingerprint density at radius 3 is 2.03 bits per heavy atom. The van der Waals surface area contributed by atoms with E-state index in [1.165, 1.54) is 10.6 Å². The molecule has 4 aromatic carbocycles. The third-order valence-corrected chi connectivity index (χ3v) is 7.19. The Bertz CT molecular complexity index is 1430. The van der Waals surface area contributed by atoms with Crippen LogP contribution in [-0.4, -0.2) is 20.6 Å². The van der Waals surface area contributed by atoms with Crippen LogP contribution in [-0.2, 0) is 16.6 Å². The second-order valence-corrected chi connectivity index (χ2v) is 10.9. The van der Waals surface area contributed by atoms with Crippen molar-refractivity contribution in [1.29, 1.82) is 0 Å². The maximum absolute atomic E-state index is 13.2. The minimum Gasteiger partial charge on any atom is -0.341 e. The van der Waals surface area contributed by atoms with E-state index in [2.05, 4.69) is 5.32 Å². The topological polar surface area (TPSA) is 66.5 Å². The van der Waals surface area contributed by atoms with E-state index in [1.807, 2.05) is 86.6 Å². The van der Waals surface area contributed by atoms with Crippen LogP contribution >= 0.6 is 0 Å². The highest BCUT2D eigenvalue weighted by Crippen LogP contribution is 2.24. The Kier molecular flexibility index (Phi) is 7.55. The lowest BCUT2D eigenvalue weighted by Crippen LogP contribution is -2.30. The van der Waals surface area contributed by atoms with Gasteiger partial charge in [0.1, 0.15) is 0 Å². The molecule has 0 saturated carbocycles. The van der Waals surface area contributed by atoms with E-state index < -0.39 is 10.0 Å². The third kappa shape index (κ3) is 6.20. The molecule has 0 bridgehead atoms. The lowest BCUT2D eigenvalue weighted by molar-refractivity contribution is 0.0943. The molecule has 4 rings (SSSR count). The van der Waals surface area contributed by atoms with E-state index in [1.54, 1.807) is 30.3 Å². The van der Waals surface area contributed by atoms with Gasteiger partial charge in [-0.05, 0) is 60.4 Å². The van der Waals surface area contributed by atoms with Gasteiger partial charge in [-0.1, -0.05) is 84.4 Å². The standard InChI is InChI=1S/C30H30N2O3S/c1-22-12-16-26(17-13-22)29(25-9-5-4-6-10-25)31-30(33)27-18-14-24(15-19-27)21-32(36(3,34)35)28-11-7-8-23(2)20-28/h4-20,29H,21H2,1-3H3,(H,31,33)/t29-/m1/s1. The van der Waals surface area contributed by atoms with Gasteiger partial charge in [-0.15, -0.1) is 0 Å². The Morgan fingerprint density at radius 1 is 0.778 bits per heavy atom. The van der Waals surface area contributed by atoms with Crippen LogP contribution in [0.5, 0.6) is 0 Å². The first kappa shape index (κ1) is 25.2. The van der Waals surface area contributed by atoms with Gasteiger partial charge in [-0.2, -0.15) is 0 Å². The number of carbonyl (C=O) groups excluding carboxylic acids is 1. The molecule has 0 aliphatic heterocycles. The number of benzene rings is 4. The van der Waals surface area contributed by atoms with Crippen molar-refractivity contribution in [3.63, 3.8) is 0 Å². The summed E-state index contributed by atoms with van der Waals surface area (Å²) in [6.07, 6.45) is 1.20. The largest absolute Gasteiger partial charge is 0.341 e. The second kappa shape index (κ2) is 10.8. The third-order valence-electron chi connectivity index (χ3n) is 6.05. The number of aryl methyl sites for hydroxylation is 2. The molecule has 0 saturated heterocycles. The smallest absolute Gasteiger partial charge is 0.252 e. The van der Waals surface area contributed by atoms with Crippen LogP contribution in [0.25, 0.3) is 0 Å². The quantitative estimate of drug-likeness (QED) is 0.334. The average molecular weight is 499 g/mol. The van der Waals surface area contributed by atoms with Gasteiger partial charge in [0.05, 0.1) is 24.5 Å². The van der Waals surface area contributed by atoms with E-state index in [-0.39, 0.29) is 18.5 Å². The van der Waals surface area contributed by atoms with Crippen LogP contribution in [0, 0.1) is 13.8 Å². The van der Waals surface area contributed by atoms with Gasteiger partial charge in [0, 0.05) is 5.56 Å². The van der Waals surface area contributed by atoms with Crippen molar-refractivity contribution < 1.29 is 13.2 Å². The number of nitrogens with zero attached hydrogens (tertiary/aromatic N) is 1. The Labute approximate surface area is 213 Å². The molecule has 1 N–H and O–H groups in total. The second-order valence-electron chi connectivity index (χ2n) is 9.03. The van der Waals surface area contributed by atoms with E-state index in [0.717, 1.165) is 27.8 Å². The summed E-state index contributed by atoms with van der Waals surface area (Å²) < 4.78 is 26.4. The molecule has 184 valence electrons. The summed E-state index contributed by atoms with van der Waals surface area (Å²) in [6, 6.07) is 32.2. The van der Waals surface area contributed by atoms with Crippen molar-refractivity contribution in [1.82, 2.24) is 5.32 Å². The number of rotatable bonds is 8. The zero-order chi connectivity index (χ0) is 25.7. The molecule has 4 aromatic rings. The average Bonchev–Trinajstić information content (AvgIpc) is 2.86. The number of hydrogen-bond acceptors (Lipinski definition) is 3. The van der Waals surface area contributed by atoms with Crippen molar-refractivity contribution >= 4 is 21.6 Å². The molecule has 6 heteroatoms. The molecule has 0 unspecified atom stereocenters. The predicted molar refractivity (Wildman–Crippen MR) is 146 cm³/mol. The monoisotopic (exact) mass is 498 g/mol. The summed E-state index contributed by atoms with van der Waals surface area (Å²) in [4.78, 5) is 13.2. The Morgan fingerprint density at radius 2 is 1.42 bits per heavy atom. The fraction of sp³-hybridized carbons (Fsp3) is 0.167. The fourth-order valence-electron chi connectivity index (χ4n) is 4.09. The minimum atomic E-state index is -3.49. The van der Waals surface area contributed by atoms with E-state index >= 15 is 0 Å². The molecule has 0 aliphatic carbocycles.